The van der Waals surface area contributed by atoms with Gasteiger partial charge in [0.1, 0.15) is 0 Å². The monoisotopic (exact) mass is 539 g/mol. The molecule has 3 heterocycles. The van der Waals surface area contributed by atoms with E-state index in [0.717, 1.165) is 51.9 Å². The Morgan fingerprint density at radius 3 is 2.61 bits per heavy atom. The van der Waals surface area contributed by atoms with Gasteiger partial charge in [-0.3, -0.25) is 24.2 Å². The Labute approximate surface area is 230 Å². The van der Waals surface area contributed by atoms with E-state index in [1.165, 1.54) is 4.90 Å². The number of carbonyl (C=O) groups excluding carboxylic acids is 3. The number of aromatic nitrogens is 1. The smallest absolute Gasteiger partial charge is 0.257 e. The van der Waals surface area contributed by atoms with Gasteiger partial charge in [0.15, 0.2) is 5.82 Å². The summed E-state index contributed by atoms with van der Waals surface area (Å²) in [5.41, 5.74) is 0.957. The van der Waals surface area contributed by atoms with E-state index in [1.807, 2.05) is 32.6 Å². The fourth-order valence-corrected chi connectivity index (χ4v) is 5.43. The standard InChI is InChI=1S/C29H38ClN5O3/c1-5-34(28(38)29(2,3)4)15-7-8-20-12-16-33(17-13-20)19-25(36)35-24-11-10-21(30)18-22(24)27(37)32-23-9-6-14-31-26(23)35/h6,9-11,14,18,20H,5,7-8,12-13,15-17,19H2,1-4H3,(H,32,37). The predicted octanol–water partition coefficient (Wildman–Crippen LogP) is 5.35. The number of hydrogen-bond donors (Lipinski definition) is 1. The molecule has 8 nitrogen and oxygen atoms in total. The summed E-state index contributed by atoms with van der Waals surface area (Å²) in [6.07, 6.45) is 5.74. The van der Waals surface area contributed by atoms with E-state index in [1.54, 1.807) is 36.5 Å². The first-order valence-corrected chi connectivity index (χ1v) is 13.9. The van der Waals surface area contributed by atoms with Crippen LogP contribution in [-0.4, -0.2) is 65.2 Å². The van der Waals surface area contributed by atoms with Crippen LogP contribution >= 0.6 is 11.6 Å². The number of nitrogens with zero attached hydrogens (tertiary/aromatic N) is 4. The van der Waals surface area contributed by atoms with Crippen LogP contribution in [0.2, 0.25) is 5.02 Å². The minimum Gasteiger partial charge on any atom is -0.343 e. The molecule has 2 aliphatic rings. The van der Waals surface area contributed by atoms with Crippen molar-refractivity contribution in [2.45, 2.75) is 53.4 Å². The number of pyridine rings is 1. The zero-order valence-corrected chi connectivity index (χ0v) is 23.6. The number of rotatable bonds is 7. The molecule has 1 aromatic carbocycles. The molecule has 1 saturated heterocycles. The minimum atomic E-state index is -0.354. The average Bonchev–Trinajstić information content (AvgIpc) is 3.00. The number of amides is 3. The van der Waals surface area contributed by atoms with Crippen molar-refractivity contribution in [3.63, 3.8) is 0 Å². The third kappa shape index (κ3) is 6.35. The molecule has 2 aromatic rings. The highest BCUT2D eigenvalue weighted by Gasteiger charge is 2.32. The second kappa shape index (κ2) is 11.8. The maximum atomic E-state index is 13.7. The van der Waals surface area contributed by atoms with Gasteiger partial charge < -0.3 is 10.2 Å². The van der Waals surface area contributed by atoms with E-state index >= 15 is 0 Å². The van der Waals surface area contributed by atoms with Crippen molar-refractivity contribution >= 4 is 46.5 Å². The number of benzene rings is 1. The van der Waals surface area contributed by atoms with Crippen LogP contribution in [0.3, 0.4) is 0 Å². The Kier molecular flexibility index (Phi) is 8.73. The van der Waals surface area contributed by atoms with Crippen LogP contribution in [0.15, 0.2) is 36.5 Å². The molecule has 38 heavy (non-hydrogen) atoms. The molecule has 0 radical (unpaired) electrons. The molecule has 9 heteroatoms. The molecular formula is C29H38ClN5O3. The fraction of sp³-hybridized carbons (Fsp3) is 0.517. The summed E-state index contributed by atoms with van der Waals surface area (Å²) >= 11 is 6.17. The van der Waals surface area contributed by atoms with Gasteiger partial charge in [0.05, 0.1) is 23.5 Å². The molecule has 2 aliphatic heterocycles. The third-order valence-electron chi connectivity index (χ3n) is 7.36. The summed E-state index contributed by atoms with van der Waals surface area (Å²) in [4.78, 5) is 49.3. The summed E-state index contributed by atoms with van der Waals surface area (Å²) in [6, 6.07) is 8.44. The zero-order valence-electron chi connectivity index (χ0n) is 22.8. The maximum absolute atomic E-state index is 13.7. The molecule has 1 N–H and O–H groups in total. The van der Waals surface area contributed by atoms with Crippen LogP contribution in [0.4, 0.5) is 17.2 Å². The normalized spacial score (nSPS) is 16.3. The van der Waals surface area contributed by atoms with Crippen LogP contribution in [0.1, 0.15) is 63.7 Å². The summed E-state index contributed by atoms with van der Waals surface area (Å²) in [5, 5.41) is 3.28. The molecule has 0 unspecified atom stereocenters. The van der Waals surface area contributed by atoms with Crippen molar-refractivity contribution in [2.24, 2.45) is 11.3 Å². The predicted molar refractivity (Wildman–Crippen MR) is 151 cm³/mol. The SMILES string of the molecule is CCN(CCCC1CCN(CC(=O)N2c3ccc(Cl)cc3C(=O)Nc3cccnc32)CC1)C(=O)C(C)(C)C. The highest BCUT2D eigenvalue weighted by Crippen LogP contribution is 2.37. The number of fused-ring (bicyclic) bond motifs is 2. The third-order valence-corrected chi connectivity index (χ3v) is 7.59. The first kappa shape index (κ1) is 28.0. The molecule has 4 rings (SSSR count). The average molecular weight is 540 g/mol. The van der Waals surface area contributed by atoms with Crippen molar-refractivity contribution in [1.82, 2.24) is 14.8 Å². The van der Waals surface area contributed by atoms with Crippen LogP contribution in [-0.2, 0) is 9.59 Å². The highest BCUT2D eigenvalue weighted by molar-refractivity contribution is 6.31. The molecule has 0 saturated carbocycles. The van der Waals surface area contributed by atoms with Crippen LogP contribution in [0.5, 0.6) is 0 Å². The molecule has 1 fully saturated rings. The van der Waals surface area contributed by atoms with E-state index in [9.17, 15) is 14.4 Å². The van der Waals surface area contributed by atoms with Gasteiger partial charge in [-0.15, -0.1) is 0 Å². The zero-order chi connectivity index (χ0) is 27.4. The Morgan fingerprint density at radius 1 is 1.18 bits per heavy atom. The van der Waals surface area contributed by atoms with Crippen molar-refractivity contribution in [2.75, 3.05) is 42.9 Å². The van der Waals surface area contributed by atoms with Gasteiger partial charge in [-0.1, -0.05) is 32.4 Å². The molecular weight excluding hydrogens is 502 g/mol. The number of hydrogen-bond acceptors (Lipinski definition) is 5. The second-order valence-electron chi connectivity index (χ2n) is 11.2. The molecule has 1 aromatic heterocycles. The maximum Gasteiger partial charge on any atom is 0.257 e. The van der Waals surface area contributed by atoms with Crippen LogP contribution < -0.4 is 10.2 Å². The van der Waals surface area contributed by atoms with Crippen molar-refractivity contribution in [3.05, 3.63) is 47.1 Å². The highest BCUT2D eigenvalue weighted by atomic mass is 35.5. The second-order valence-corrected chi connectivity index (χ2v) is 11.7. The minimum absolute atomic E-state index is 0.136. The molecule has 0 atom stereocenters. The van der Waals surface area contributed by atoms with E-state index in [2.05, 4.69) is 15.2 Å². The molecule has 0 bridgehead atoms. The van der Waals surface area contributed by atoms with Gasteiger partial charge in [0.25, 0.3) is 5.91 Å². The topological polar surface area (TPSA) is 85.8 Å². The quantitative estimate of drug-likeness (QED) is 0.512. The number of anilines is 3. The lowest BCUT2D eigenvalue weighted by Crippen LogP contribution is -2.42. The molecule has 0 aliphatic carbocycles. The number of likely N-dealkylation sites (tertiary alicyclic amines) is 1. The first-order chi connectivity index (χ1) is 18.1. The Bertz CT molecular complexity index is 1190. The van der Waals surface area contributed by atoms with E-state index in [4.69, 9.17) is 11.6 Å². The Hall–Kier alpha value is -2.97. The lowest BCUT2D eigenvalue weighted by atomic mass is 9.91. The number of halogens is 1. The molecule has 3 amide bonds. The van der Waals surface area contributed by atoms with E-state index in [0.29, 0.717) is 33.7 Å². The lowest BCUT2D eigenvalue weighted by Gasteiger charge is -2.34. The first-order valence-electron chi connectivity index (χ1n) is 13.5. The number of piperidine rings is 1. The van der Waals surface area contributed by atoms with Crippen molar-refractivity contribution in [1.29, 1.82) is 0 Å². The van der Waals surface area contributed by atoms with Crippen LogP contribution in [0, 0.1) is 11.3 Å². The van der Waals surface area contributed by atoms with Crippen LogP contribution in [0.25, 0.3) is 0 Å². The number of carbonyl (C=O) groups is 3. The van der Waals surface area contributed by atoms with Gasteiger partial charge in [-0.2, -0.15) is 0 Å². The Morgan fingerprint density at radius 2 is 1.92 bits per heavy atom. The van der Waals surface area contributed by atoms with Gasteiger partial charge in [0, 0.05) is 29.7 Å². The van der Waals surface area contributed by atoms with Gasteiger partial charge in [-0.25, -0.2) is 4.98 Å². The van der Waals surface area contributed by atoms with Crippen molar-refractivity contribution < 1.29 is 14.4 Å². The molecule has 0 spiro atoms. The largest absolute Gasteiger partial charge is 0.343 e. The van der Waals surface area contributed by atoms with E-state index < -0.39 is 0 Å². The van der Waals surface area contributed by atoms with Gasteiger partial charge >= 0.3 is 0 Å². The van der Waals surface area contributed by atoms with Gasteiger partial charge in [0.2, 0.25) is 11.8 Å². The molecule has 204 valence electrons. The summed E-state index contributed by atoms with van der Waals surface area (Å²) in [6.45, 7) is 11.4. The van der Waals surface area contributed by atoms with Gasteiger partial charge in [-0.05, 0) is 81.9 Å². The number of nitrogens with one attached hydrogen (secondary N) is 1. The Balaban J connectivity index is 1.37. The van der Waals surface area contributed by atoms with E-state index in [-0.39, 0.29) is 29.7 Å². The van der Waals surface area contributed by atoms with Crippen molar-refractivity contribution in [3.8, 4) is 0 Å². The lowest BCUT2D eigenvalue weighted by molar-refractivity contribution is -0.139. The summed E-state index contributed by atoms with van der Waals surface area (Å²) in [5.74, 6) is 0.752. The summed E-state index contributed by atoms with van der Waals surface area (Å²) in [7, 11) is 0. The summed E-state index contributed by atoms with van der Waals surface area (Å²) < 4.78 is 0. The fourth-order valence-electron chi connectivity index (χ4n) is 5.26.